The van der Waals surface area contributed by atoms with Crippen LogP contribution in [-0.2, 0) is 23.7 Å². The van der Waals surface area contributed by atoms with Crippen molar-refractivity contribution in [1.29, 1.82) is 0 Å². The van der Waals surface area contributed by atoms with Gasteiger partial charge in [-0.3, -0.25) is 0 Å². The topological polar surface area (TPSA) is 164 Å². The van der Waals surface area contributed by atoms with Gasteiger partial charge in [-0.05, 0) is 25.5 Å². The van der Waals surface area contributed by atoms with Crippen LogP contribution in [0.15, 0.2) is 30.3 Å². The third-order valence-electron chi connectivity index (χ3n) is 8.57. The fourth-order valence-electron chi connectivity index (χ4n) is 6.87. The SMILES string of the molecule is C[C@@]12C[C@@]3(O)OC(O1)C1(COC(=O)c4ccccc4)[C@H]3CC12O[C@@H]1O[C@@H](CO)[C@@H](O)[C@H](O)[C@@H]1O. The van der Waals surface area contributed by atoms with Crippen molar-refractivity contribution in [3.05, 3.63) is 35.9 Å². The molecule has 11 nitrogen and oxygen atoms in total. The maximum Gasteiger partial charge on any atom is 0.338 e. The minimum Gasteiger partial charge on any atom is -0.461 e. The van der Waals surface area contributed by atoms with Crippen LogP contribution in [0.25, 0.3) is 0 Å². The van der Waals surface area contributed by atoms with Crippen molar-refractivity contribution in [3.8, 4) is 0 Å². The van der Waals surface area contributed by atoms with Gasteiger partial charge in [0.2, 0.25) is 0 Å². The molecule has 1 aromatic rings. The maximum atomic E-state index is 12.7. The molecule has 0 radical (unpaired) electrons. The van der Waals surface area contributed by atoms with E-state index in [4.69, 9.17) is 23.7 Å². The second-order valence-electron chi connectivity index (χ2n) is 10.2. The molecule has 4 heterocycles. The molecule has 3 aliphatic carbocycles. The number of carbonyl (C=O) groups excluding carboxylic acids is 1. The van der Waals surface area contributed by atoms with Crippen LogP contribution >= 0.6 is 0 Å². The molecule has 8 rings (SSSR count). The highest BCUT2D eigenvalue weighted by molar-refractivity contribution is 5.89. The third-order valence-corrected chi connectivity index (χ3v) is 8.57. The van der Waals surface area contributed by atoms with Crippen LogP contribution in [0.5, 0.6) is 0 Å². The van der Waals surface area contributed by atoms with E-state index < -0.39 is 77.9 Å². The second kappa shape index (κ2) is 7.19. The van der Waals surface area contributed by atoms with Gasteiger partial charge in [0, 0.05) is 12.3 Å². The Balaban J connectivity index is 1.32. The summed E-state index contributed by atoms with van der Waals surface area (Å²) in [6.07, 6.45) is -7.87. The van der Waals surface area contributed by atoms with E-state index in [9.17, 15) is 30.3 Å². The summed E-state index contributed by atoms with van der Waals surface area (Å²) in [6.45, 7) is 0.985. The number of ether oxygens (including phenoxy) is 5. The molecule has 3 unspecified atom stereocenters. The molecule has 186 valence electrons. The van der Waals surface area contributed by atoms with Crippen LogP contribution in [0.3, 0.4) is 0 Å². The zero-order chi connectivity index (χ0) is 24.1. The highest BCUT2D eigenvalue weighted by atomic mass is 16.8. The van der Waals surface area contributed by atoms with Crippen LogP contribution in [0.4, 0.5) is 0 Å². The molecule has 6 bridgehead atoms. The van der Waals surface area contributed by atoms with Crippen molar-refractivity contribution in [2.75, 3.05) is 13.2 Å². The Bertz CT molecular complexity index is 988. The molecule has 0 aromatic heterocycles. The molecule has 4 saturated heterocycles. The Morgan fingerprint density at radius 3 is 2.56 bits per heavy atom. The van der Waals surface area contributed by atoms with E-state index in [0.717, 1.165) is 0 Å². The standard InChI is InChI=1S/C23H28O11/c1-20-9-22(29)13-7-23(20,32-18-16(27)15(26)14(25)12(8-24)31-18)21(13,19(33-20)34-22)10-30-17(28)11-5-3-2-4-6-11/h2-6,12-16,18-19,24-27,29H,7-10H2,1H3/t12-,13+,14+,15-,16-,18-,19?,20-,21?,22+,23?/m0/s1. The van der Waals surface area contributed by atoms with E-state index >= 15 is 0 Å². The minimum atomic E-state index is -1.61. The van der Waals surface area contributed by atoms with E-state index in [1.807, 2.05) is 0 Å². The van der Waals surface area contributed by atoms with Gasteiger partial charge in [-0.1, -0.05) is 18.2 Å². The summed E-state index contributed by atoms with van der Waals surface area (Å²) in [5.74, 6) is -2.49. The molecule has 7 aliphatic rings. The molecule has 5 N–H and O–H groups in total. The summed E-state index contributed by atoms with van der Waals surface area (Å²) < 4.78 is 29.7. The lowest BCUT2D eigenvalue weighted by atomic mass is 9.41. The van der Waals surface area contributed by atoms with Crippen LogP contribution < -0.4 is 0 Å². The molecular weight excluding hydrogens is 452 g/mol. The molecular formula is C23H28O11. The number of hydrogen-bond acceptors (Lipinski definition) is 11. The molecule has 4 aliphatic heterocycles. The zero-order valence-electron chi connectivity index (χ0n) is 18.4. The van der Waals surface area contributed by atoms with E-state index in [-0.39, 0.29) is 19.4 Å². The Hall–Kier alpha value is -1.67. The summed E-state index contributed by atoms with van der Waals surface area (Å²) in [4.78, 5) is 12.7. The van der Waals surface area contributed by atoms with Crippen molar-refractivity contribution in [1.82, 2.24) is 0 Å². The van der Waals surface area contributed by atoms with Gasteiger partial charge in [-0.15, -0.1) is 0 Å². The van der Waals surface area contributed by atoms with Crippen molar-refractivity contribution in [3.63, 3.8) is 0 Å². The van der Waals surface area contributed by atoms with Crippen LogP contribution in [-0.4, -0.2) is 98.7 Å². The quantitative estimate of drug-likeness (QED) is 0.306. The van der Waals surface area contributed by atoms with Gasteiger partial charge in [-0.2, -0.15) is 0 Å². The van der Waals surface area contributed by atoms with Crippen molar-refractivity contribution < 1.29 is 54.0 Å². The number of aliphatic hydroxyl groups is 5. The number of hydrogen-bond donors (Lipinski definition) is 5. The predicted octanol–water partition coefficient (Wildman–Crippen LogP) is -1.36. The maximum absolute atomic E-state index is 12.7. The molecule has 11 heteroatoms. The normalized spacial score (nSPS) is 52.5. The predicted molar refractivity (Wildman–Crippen MR) is 109 cm³/mol. The lowest BCUT2D eigenvalue weighted by Crippen LogP contribution is -2.80. The number of carbonyl (C=O) groups is 1. The average Bonchev–Trinajstić information content (AvgIpc) is 3.00. The third kappa shape index (κ3) is 2.59. The van der Waals surface area contributed by atoms with Crippen molar-refractivity contribution in [2.45, 2.75) is 73.8 Å². The summed E-state index contributed by atoms with van der Waals surface area (Å²) in [5, 5.41) is 51.7. The Morgan fingerprint density at radius 1 is 1.12 bits per heavy atom. The smallest absolute Gasteiger partial charge is 0.338 e. The Morgan fingerprint density at radius 2 is 1.85 bits per heavy atom. The molecule has 34 heavy (non-hydrogen) atoms. The minimum absolute atomic E-state index is 0.0902. The summed E-state index contributed by atoms with van der Waals surface area (Å²) in [7, 11) is 0. The van der Waals surface area contributed by atoms with Crippen molar-refractivity contribution >= 4 is 5.97 Å². The van der Waals surface area contributed by atoms with Crippen LogP contribution in [0.1, 0.15) is 30.1 Å². The zero-order valence-corrected chi connectivity index (χ0v) is 18.4. The number of esters is 1. The first-order valence-electron chi connectivity index (χ1n) is 11.4. The average molecular weight is 480 g/mol. The van der Waals surface area contributed by atoms with E-state index in [2.05, 4.69) is 0 Å². The first-order valence-corrected chi connectivity index (χ1v) is 11.4. The molecule has 11 atom stereocenters. The first-order chi connectivity index (χ1) is 16.1. The van der Waals surface area contributed by atoms with Gasteiger partial charge < -0.3 is 49.2 Å². The summed E-state index contributed by atoms with van der Waals surface area (Å²) in [6, 6.07) is 8.47. The van der Waals surface area contributed by atoms with Gasteiger partial charge in [-0.25, -0.2) is 4.79 Å². The molecule has 7 fully saturated rings. The Labute approximate surface area is 194 Å². The molecule has 0 amide bonds. The number of benzene rings is 1. The van der Waals surface area contributed by atoms with E-state index in [0.29, 0.717) is 5.56 Å². The van der Waals surface area contributed by atoms with E-state index in [1.165, 1.54) is 0 Å². The number of aliphatic hydroxyl groups excluding tert-OH is 4. The molecule has 1 aromatic carbocycles. The van der Waals surface area contributed by atoms with Crippen LogP contribution in [0.2, 0.25) is 0 Å². The Kier molecular flexibility index (Phi) is 4.81. The lowest BCUT2D eigenvalue weighted by molar-refractivity contribution is -0.424. The van der Waals surface area contributed by atoms with Gasteiger partial charge in [0.1, 0.15) is 42.2 Å². The monoisotopic (exact) mass is 480 g/mol. The highest BCUT2D eigenvalue weighted by Gasteiger charge is 2.94. The second-order valence-corrected chi connectivity index (χ2v) is 10.2. The van der Waals surface area contributed by atoms with Gasteiger partial charge in [0.05, 0.1) is 17.6 Å². The van der Waals surface area contributed by atoms with Crippen LogP contribution in [0, 0.1) is 11.3 Å². The van der Waals surface area contributed by atoms with Gasteiger partial charge >= 0.3 is 5.97 Å². The lowest BCUT2D eigenvalue weighted by Gasteiger charge is -2.67. The number of rotatable bonds is 6. The summed E-state index contributed by atoms with van der Waals surface area (Å²) in [5.41, 5.74) is -2.99. The largest absolute Gasteiger partial charge is 0.461 e. The van der Waals surface area contributed by atoms with E-state index in [1.54, 1.807) is 37.3 Å². The fraction of sp³-hybridized carbons (Fsp3) is 0.696. The van der Waals surface area contributed by atoms with Gasteiger partial charge in [0.15, 0.2) is 18.4 Å². The highest BCUT2D eigenvalue weighted by Crippen LogP contribution is 2.81. The summed E-state index contributed by atoms with van der Waals surface area (Å²) >= 11 is 0. The first kappa shape index (κ1) is 22.8. The fourth-order valence-corrected chi connectivity index (χ4v) is 6.87. The molecule has 3 saturated carbocycles. The van der Waals surface area contributed by atoms with Crippen molar-refractivity contribution in [2.24, 2.45) is 11.3 Å². The van der Waals surface area contributed by atoms with Gasteiger partial charge in [0.25, 0.3) is 0 Å². The molecule has 0 spiro atoms.